The van der Waals surface area contributed by atoms with Crippen molar-refractivity contribution >= 4 is 17.2 Å². The summed E-state index contributed by atoms with van der Waals surface area (Å²) >= 11 is 1.65. The second kappa shape index (κ2) is 6.65. The molecule has 0 saturated heterocycles. The highest BCUT2D eigenvalue weighted by atomic mass is 32.1. The molecule has 6 heteroatoms. The Balaban J connectivity index is 2.00. The van der Waals surface area contributed by atoms with Crippen LogP contribution < -0.4 is 5.32 Å². The van der Waals surface area contributed by atoms with Crippen molar-refractivity contribution in [3.05, 3.63) is 34.0 Å². The molecule has 0 radical (unpaired) electrons. The van der Waals surface area contributed by atoms with Gasteiger partial charge in [-0.25, -0.2) is 4.98 Å². The lowest BCUT2D eigenvalue weighted by atomic mass is 10.2. The van der Waals surface area contributed by atoms with Gasteiger partial charge in [-0.2, -0.15) is 5.10 Å². The molecule has 1 amide bonds. The summed E-state index contributed by atoms with van der Waals surface area (Å²) in [7, 11) is 0. The minimum Gasteiger partial charge on any atom is -0.349 e. The number of aromatic nitrogens is 3. The molecule has 2 heterocycles. The van der Waals surface area contributed by atoms with Crippen LogP contribution in [0.2, 0.25) is 0 Å². The third kappa shape index (κ3) is 3.25. The first-order valence-corrected chi connectivity index (χ1v) is 7.69. The first-order chi connectivity index (χ1) is 9.65. The Morgan fingerprint density at radius 3 is 2.90 bits per heavy atom. The number of carbonyl (C=O) groups excluding carboxylic acids is 1. The molecule has 0 unspecified atom stereocenters. The van der Waals surface area contributed by atoms with Crippen LogP contribution in [0.15, 0.2) is 18.5 Å². The molecular formula is C14H20N4OS. The maximum absolute atomic E-state index is 12.3. The molecule has 5 nitrogen and oxygen atoms in total. The number of aryl methyl sites for hydroxylation is 2. The Hall–Kier alpha value is -1.69. The molecule has 0 aliphatic rings. The summed E-state index contributed by atoms with van der Waals surface area (Å²) in [4.78, 5) is 17.9. The Morgan fingerprint density at radius 1 is 1.50 bits per heavy atom. The molecule has 0 aliphatic heterocycles. The minimum atomic E-state index is -0.246. The topological polar surface area (TPSA) is 59.8 Å². The number of carbonyl (C=O) groups is 1. The van der Waals surface area contributed by atoms with Gasteiger partial charge in [0.2, 0.25) is 5.91 Å². The summed E-state index contributed by atoms with van der Waals surface area (Å²) in [5.41, 5.74) is 1.08. The molecule has 2 rings (SSSR count). The van der Waals surface area contributed by atoms with E-state index < -0.39 is 0 Å². The van der Waals surface area contributed by atoms with Gasteiger partial charge >= 0.3 is 0 Å². The van der Waals surface area contributed by atoms with Gasteiger partial charge in [0, 0.05) is 17.3 Å². The van der Waals surface area contributed by atoms with Gasteiger partial charge in [-0.3, -0.25) is 9.48 Å². The van der Waals surface area contributed by atoms with E-state index in [0.29, 0.717) is 6.54 Å². The fraction of sp³-hybridized carbons (Fsp3) is 0.500. The average molecular weight is 292 g/mol. The number of thiazole rings is 1. The van der Waals surface area contributed by atoms with Crippen LogP contribution in [-0.2, 0) is 17.8 Å². The molecule has 20 heavy (non-hydrogen) atoms. The highest BCUT2D eigenvalue weighted by Crippen LogP contribution is 2.19. The lowest BCUT2D eigenvalue weighted by molar-refractivity contribution is -0.124. The predicted molar refractivity (Wildman–Crippen MR) is 79.6 cm³/mol. The van der Waals surface area contributed by atoms with Crippen LogP contribution in [0.3, 0.4) is 0 Å². The molecular weight excluding hydrogens is 272 g/mol. The van der Waals surface area contributed by atoms with Gasteiger partial charge in [-0.15, -0.1) is 11.3 Å². The van der Waals surface area contributed by atoms with Gasteiger partial charge in [0.05, 0.1) is 17.2 Å². The standard InChI is InChI=1S/C14H20N4OS/c1-4-11-13(20-10(3)17-11)9-15-14(19)12(5-2)18-8-6-7-16-18/h6-8,12H,4-5,9H2,1-3H3,(H,15,19)/t12-/m0/s1. The van der Waals surface area contributed by atoms with E-state index in [2.05, 4.69) is 22.3 Å². The Morgan fingerprint density at radius 2 is 2.30 bits per heavy atom. The molecule has 0 fully saturated rings. The highest BCUT2D eigenvalue weighted by molar-refractivity contribution is 7.11. The molecule has 1 N–H and O–H groups in total. The van der Waals surface area contributed by atoms with E-state index in [9.17, 15) is 4.79 Å². The third-order valence-electron chi connectivity index (χ3n) is 3.18. The summed E-state index contributed by atoms with van der Waals surface area (Å²) in [5.74, 6) is 0.00399. The molecule has 0 aromatic carbocycles. The van der Waals surface area contributed by atoms with Crippen LogP contribution in [0.1, 0.15) is 41.9 Å². The molecule has 2 aromatic heterocycles. The predicted octanol–water partition coefficient (Wildman–Crippen LogP) is 2.48. The number of rotatable bonds is 6. The van der Waals surface area contributed by atoms with E-state index in [1.807, 2.05) is 26.1 Å². The summed E-state index contributed by atoms with van der Waals surface area (Å²) in [5, 5.41) is 8.19. The zero-order chi connectivity index (χ0) is 14.5. The van der Waals surface area contributed by atoms with Crippen molar-refractivity contribution in [2.75, 3.05) is 0 Å². The number of amides is 1. The fourth-order valence-corrected chi connectivity index (χ4v) is 3.13. The molecule has 1 atom stereocenters. The van der Waals surface area contributed by atoms with Crippen LogP contribution >= 0.6 is 11.3 Å². The van der Waals surface area contributed by atoms with E-state index in [4.69, 9.17) is 0 Å². The van der Waals surface area contributed by atoms with E-state index in [1.54, 1.807) is 22.2 Å². The van der Waals surface area contributed by atoms with E-state index in [1.165, 1.54) is 0 Å². The maximum Gasteiger partial charge on any atom is 0.245 e. The molecule has 0 spiro atoms. The number of nitrogens with one attached hydrogen (secondary N) is 1. The van der Waals surface area contributed by atoms with Crippen molar-refractivity contribution in [1.29, 1.82) is 0 Å². The second-order valence-electron chi connectivity index (χ2n) is 4.58. The molecule has 108 valence electrons. The SMILES string of the molecule is CCc1nc(C)sc1CNC(=O)[C@H](CC)n1cccn1. The normalized spacial score (nSPS) is 12.3. The Bertz CT molecular complexity index is 562. The Labute approximate surface area is 123 Å². The largest absolute Gasteiger partial charge is 0.349 e. The van der Waals surface area contributed by atoms with Crippen molar-refractivity contribution < 1.29 is 4.79 Å². The number of nitrogens with zero attached hydrogens (tertiary/aromatic N) is 3. The first kappa shape index (κ1) is 14.7. The Kier molecular flexibility index (Phi) is 4.89. The summed E-state index contributed by atoms with van der Waals surface area (Å²) in [6.45, 7) is 6.61. The molecule has 0 saturated carbocycles. The third-order valence-corrected chi connectivity index (χ3v) is 4.19. The monoisotopic (exact) mass is 292 g/mol. The van der Waals surface area contributed by atoms with Crippen LogP contribution in [0.25, 0.3) is 0 Å². The maximum atomic E-state index is 12.3. The van der Waals surface area contributed by atoms with Crippen LogP contribution in [0.5, 0.6) is 0 Å². The average Bonchev–Trinajstić information content (AvgIpc) is 3.06. The van der Waals surface area contributed by atoms with E-state index in [-0.39, 0.29) is 11.9 Å². The van der Waals surface area contributed by atoms with Crippen molar-refractivity contribution in [2.24, 2.45) is 0 Å². The molecule has 2 aromatic rings. The summed E-state index contributed by atoms with van der Waals surface area (Å²) in [6, 6.07) is 1.58. The van der Waals surface area contributed by atoms with Crippen LogP contribution in [0.4, 0.5) is 0 Å². The lowest BCUT2D eigenvalue weighted by Gasteiger charge is -2.15. The summed E-state index contributed by atoms with van der Waals surface area (Å²) < 4.78 is 1.70. The zero-order valence-electron chi connectivity index (χ0n) is 12.1. The van der Waals surface area contributed by atoms with Crippen molar-refractivity contribution in [3.8, 4) is 0 Å². The zero-order valence-corrected chi connectivity index (χ0v) is 12.9. The molecule has 0 aliphatic carbocycles. The quantitative estimate of drug-likeness (QED) is 0.890. The first-order valence-electron chi connectivity index (χ1n) is 6.87. The van der Waals surface area contributed by atoms with Gasteiger partial charge in [0.15, 0.2) is 0 Å². The van der Waals surface area contributed by atoms with Crippen molar-refractivity contribution in [2.45, 2.75) is 46.2 Å². The van der Waals surface area contributed by atoms with E-state index >= 15 is 0 Å². The number of hydrogen-bond acceptors (Lipinski definition) is 4. The minimum absolute atomic E-state index is 0.00399. The van der Waals surface area contributed by atoms with Crippen molar-refractivity contribution in [3.63, 3.8) is 0 Å². The smallest absolute Gasteiger partial charge is 0.245 e. The van der Waals surface area contributed by atoms with Gasteiger partial charge < -0.3 is 5.32 Å². The second-order valence-corrected chi connectivity index (χ2v) is 5.87. The van der Waals surface area contributed by atoms with Crippen molar-refractivity contribution in [1.82, 2.24) is 20.1 Å². The van der Waals surface area contributed by atoms with Gasteiger partial charge in [-0.1, -0.05) is 13.8 Å². The lowest BCUT2D eigenvalue weighted by Crippen LogP contribution is -2.32. The number of hydrogen-bond donors (Lipinski definition) is 1. The van der Waals surface area contributed by atoms with Gasteiger partial charge in [-0.05, 0) is 25.8 Å². The summed E-state index contributed by atoms with van der Waals surface area (Å²) in [6.07, 6.45) is 5.13. The van der Waals surface area contributed by atoms with Gasteiger partial charge in [0.25, 0.3) is 0 Å². The van der Waals surface area contributed by atoms with Gasteiger partial charge in [0.1, 0.15) is 6.04 Å². The van der Waals surface area contributed by atoms with E-state index in [0.717, 1.165) is 28.4 Å². The highest BCUT2D eigenvalue weighted by Gasteiger charge is 2.19. The van der Waals surface area contributed by atoms with Crippen LogP contribution in [-0.4, -0.2) is 20.7 Å². The van der Waals surface area contributed by atoms with Crippen LogP contribution in [0, 0.1) is 6.92 Å². The fourth-order valence-electron chi connectivity index (χ4n) is 2.17. The molecule has 0 bridgehead atoms.